The summed E-state index contributed by atoms with van der Waals surface area (Å²) in [5, 5.41) is 3.06. The molecule has 4 heteroatoms. The molecular weight excluding hydrogens is 312 g/mol. The lowest BCUT2D eigenvalue weighted by atomic mass is 9.80. The average molecular weight is 342 g/mol. The molecular formula is C21H30N2O2. The van der Waals surface area contributed by atoms with Crippen molar-refractivity contribution < 1.29 is 9.59 Å². The molecule has 1 saturated heterocycles. The molecule has 1 N–H and O–H groups in total. The summed E-state index contributed by atoms with van der Waals surface area (Å²) in [5.41, 5.74) is 2.36. The van der Waals surface area contributed by atoms with Crippen LogP contribution in [0.5, 0.6) is 0 Å². The molecule has 1 aliphatic heterocycles. The topological polar surface area (TPSA) is 49.4 Å². The van der Waals surface area contributed by atoms with Gasteiger partial charge in [-0.3, -0.25) is 9.59 Å². The van der Waals surface area contributed by atoms with E-state index >= 15 is 0 Å². The Morgan fingerprint density at radius 2 is 1.56 bits per heavy atom. The molecule has 1 aromatic rings. The lowest BCUT2D eigenvalue weighted by Crippen LogP contribution is -2.42. The van der Waals surface area contributed by atoms with E-state index in [0.717, 1.165) is 57.2 Å². The molecule has 2 fully saturated rings. The van der Waals surface area contributed by atoms with Gasteiger partial charge in [0.15, 0.2) is 0 Å². The minimum absolute atomic E-state index is 0.0656. The first-order valence-electron chi connectivity index (χ1n) is 9.75. The molecule has 25 heavy (non-hydrogen) atoms. The van der Waals surface area contributed by atoms with Crippen molar-refractivity contribution in [2.45, 2.75) is 58.4 Å². The van der Waals surface area contributed by atoms with Crippen LogP contribution in [0.2, 0.25) is 0 Å². The Labute approximate surface area is 151 Å². The van der Waals surface area contributed by atoms with Crippen molar-refractivity contribution in [3.8, 4) is 0 Å². The second-order valence-electron chi connectivity index (χ2n) is 7.64. The normalized spacial score (nSPS) is 24.0. The zero-order valence-electron chi connectivity index (χ0n) is 15.3. The summed E-state index contributed by atoms with van der Waals surface area (Å²) in [6.45, 7) is 4.50. The van der Waals surface area contributed by atoms with E-state index in [2.05, 4.69) is 36.5 Å². The summed E-state index contributed by atoms with van der Waals surface area (Å²) in [5.74, 6) is 0.678. The summed E-state index contributed by atoms with van der Waals surface area (Å²) >= 11 is 0. The summed E-state index contributed by atoms with van der Waals surface area (Å²) in [4.78, 5) is 27.1. The quantitative estimate of drug-likeness (QED) is 0.911. The largest absolute Gasteiger partial charge is 0.352 e. The van der Waals surface area contributed by atoms with Crippen LogP contribution in [0.25, 0.3) is 0 Å². The highest BCUT2D eigenvalue weighted by molar-refractivity contribution is 5.81. The number of hydrogen-bond acceptors (Lipinski definition) is 2. The second kappa shape index (κ2) is 8.50. The zero-order valence-corrected chi connectivity index (χ0v) is 15.3. The molecule has 1 saturated carbocycles. The van der Waals surface area contributed by atoms with Crippen LogP contribution in [0.3, 0.4) is 0 Å². The van der Waals surface area contributed by atoms with Gasteiger partial charge in [-0.25, -0.2) is 0 Å². The lowest BCUT2D eigenvalue weighted by Gasteiger charge is -2.33. The Morgan fingerprint density at radius 1 is 0.960 bits per heavy atom. The Morgan fingerprint density at radius 3 is 2.20 bits per heavy atom. The van der Waals surface area contributed by atoms with Crippen LogP contribution in [-0.4, -0.2) is 29.8 Å². The number of rotatable bonds is 4. The Hall–Kier alpha value is -1.84. The molecule has 2 amide bonds. The summed E-state index contributed by atoms with van der Waals surface area (Å²) < 4.78 is 0. The van der Waals surface area contributed by atoms with Gasteiger partial charge >= 0.3 is 0 Å². The van der Waals surface area contributed by atoms with Crippen LogP contribution >= 0.6 is 0 Å². The maximum absolute atomic E-state index is 12.6. The van der Waals surface area contributed by atoms with Crippen molar-refractivity contribution in [2.24, 2.45) is 11.8 Å². The van der Waals surface area contributed by atoms with Gasteiger partial charge in [-0.05, 0) is 57.4 Å². The number of likely N-dealkylation sites (tertiary alicyclic amines) is 1. The summed E-state index contributed by atoms with van der Waals surface area (Å²) in [6, 6.07) is 8.26. The van der Waals surface area contributed by atoms with Gasteiger partial charge in [-0.15, -0.1) is 0 Å². The van der Waals surface area contributed by atoms with Gasteiger partial charge < -0.3 is 10.2 Å². The minimum atomic E-state index is 0.0656. The van der Waals surface area contributed by atoms with Crippen LogP contribution in [-0.2, 0) is 16.1 Å². The van der Waals surface area contributed by atoms with Crippen molar-refractivity contribution in [1.82, 2.24) is 10.2 Å². The van der Waals surface area contributed by atoms with E-state index in [9.17, 15) is 9.59 Å². The molecule has 2 aliphatic rings. The first-order valence-corrected chi connectivity index (χ1v) is 9.75. The molecule has 0 atom stereocenters. The van der Waals surface area contributed by atoms with Crippen molar-refractivity contribution in [3.63, 3.8) is 0 Å². The average Bonchev–Trinajstić information content (AvgIpc) is 2.67. The highest BCUT2D eigenvalue weighted by Gasteiger charge is 2.32. The van der Waals surface area contributed by atoms with Crippen molar-refractivity contribution >= 4 is 11.8 Å². The van der Waals surface area contributed by atoms with Crippen LogP contribution in [0.4, 0.5) is 0 Å². The maximum Gasteiger partial charge on any atom is 0.225 e. The highest BCUT2D eigenvalue weighted by atomic mass is 16.2. The number of nitrogens with one attached hydrogen (secondary N) is 1. The molecule has 0 aromatic heterocycles. The van der Waals surface area contributed by atoms with Crippen LogP contribution in [0.15, 0.2) is 24.3 Å². The fourth-order valence-electron chi connectivity index (χ4n) is 4.01. The fourth-order valence-corrected chi connectivity index (χ4v) is 4.01. The maximum atomic E-state index is 12.6. The van der Waals surface area contributed by atoms with Gasteiger partial charge in [0.05, 0.1) is 0 Å². The SMILES string of the molecule is Cc1ccc(CNC(=O)C2CCC(C(=O)N3CCCCC3)CC2)cc1. The van der Waals surface area contributed by atoms with Gasteiger partial charge in [0, 0.05) is 31.5 Å². The molecule has 0 spiro atoms. The van der Waals surface area contributed by atoms with Gasteiger partial charge in [0.25, 0.3) is 0 Å². The van der Waals surface area contributed by atoms with Gasteiger partial charge in [0.1, 0.15) is 0 Å². The van der Waals surface area contributed by atoms with E-state index in [4.69, 9.17) is 0 Å². The predicted octanol–water partition coefficient (Wildman–Crippen LogP) is 3.43. The lowest BCUT2D eigenvalue weighted by molar-refractivity contribution is -0.139. The van der Waals surface area contributed by atoms with Gasteiger partial charge in [-0.1, -0.05) is 29.8 Å². The van der Waals surface area contributed by atoms with Gasteiger partial charge in [-0.2, -0.15) is 0 Å². The Bertz CT molecular complexity index is 582. The molecule has 0 unspecified atom stereocenters. The van der Waals surface area contributed by atoms with E-state index < -0.39 is 0 Å². The third-order valence-electron chi connectivity index (χ3n) is 5.70. The number of carbonyl (C=O) groups is 2. The first kappa shape index (κ1) is 18.0. The molecule has 1 aromatic carbocycles. The standard InChI is InChI=1S/C21H30N2O2/c1-16-5-7-17(8-6-16)15-22-20(24)18-9-11-19(12-10-18)21(25)23-13-3-2-4-14-23/h5-8,18-19H,2-4,9-15H2,1H3,(H,22,24). The predicted molar refractivity (Wildman–Crippen MR) is 98.9 cm³/mol. The van der Waals surface area contributed by atoms with E-state index in [-0.39, 0.29) is 17.7 Å². The van der Waals surface area contributed by atoms with E-state index in [1.807, 2.05) is 4.90 Å². The third kappa shape index (κ3) is 4.83. The van der Waals surface area contributed by atoms with E-state index in [0.29, 0.717) is 12.5 Å². The Kier molecular flexibility index (Phi) is 6.11. The number of nitrogens with zero attached hydrogens (tertiary/aromatic N) is 1. The molecule has 4 nitrogen and oxygen atoms in total. The van der Waals surface area contributed by atoms with E-state index in [1.165, 1.54) is 12.0 Å². The van der Waals surface area contributed by atoms with Gasteiger partial charge in [0.2, 0.25) is 11.8 Å². The van der Waals surface area contributed by atoms with Crippen LogP contribution in [0.1, 0.15) is 56.1 Å². The number of amides is 2. The summed E-state index contributed by atoms with van der Waals surface area (Å²) in [6.07, 6.45) is 6.92. The van der Waals surface area contributed by atoms with E-state index in [1.54, 1.807) is 0 Å². The molecule has 0 radical (unpaired) electrons. The van der Waals surface area contributed by atoms with Crippen molar-refractivity contribution in [3.05, 3.63) is 35.4 Å². The number of hydrogen-bond donors (Lipinski definition) is 1. The van der Waals surface area contributed by atoms with Crippen LogP contribution < -0.4 is 5.32 Å². The molecule has 136 valence electrons. The highest BCUT2D eigenvalue weighted by Crippen LogP contribution is 2.31. The zero-order chi connectivity index (χ0) is 17.6. The Balaban J connectivity index is 1.42. The molecule has 1 heterocycles. The molecule has 0 bridgehead atoms. The first-order chi connectivity index (χ1) is 12.1. The van der Waals surface area contributed by atoms with Crippen molar-refractivity contribution in [2.75, 3.05) is 13.1 Å². The van der Waals surface area contributed by atoms with Crippen LogP contribution in [0, 0.1) is 18.8 Å². The fraction of sp³-hybridized carbons (Fsp3) is 0.619. The van der Waals surface area contributed by atoms with Crippen molar-refractivity contribution in [1.29, 1.82) is 0 Å². The second-order valence-corrected chi connectivity index (χ2v) is 7.64. The number of aryl methyl sites for hydroxylation is 1. The third-order valence-corrected chi connectivity index (χ3v) is 5.70. The number of benzene rings is 1. The number of carbonyl (C=O) groups excluding carboxylic acids is 2. The summed E-state index contributed by atoms with van der Waals surface area (Å²) in [7, 11) is 0. The monoisotopic (exact) mass is 342 g/mol. The molecule has 3 rings (SSSR count). The minimum Gasteiger partial charge on any atom is -0.352 e. The smallest absolute Gasteiger partial charge is 0.225 e. The number of piperidine rings is 1. The molecule has 1 aliphatic carbocycles.